The van der Waals surface area contributed by atoms with Gasteiger partial charge in [-0.15, -0.1) is 0 Å². The van der Waals surface area contributed by atoms with E-state index in [2.05, 4.69) is 21.9 Å². The second-order valence-corrected chi connectivity index (χ2v) is 6.49. The zero-order valence-electron chi connectivity index (χ0n) is 14.9. The zero-order chi connectivity index (χ0) is 18.5. The number of nitrogens with two attached hydrogens (primary N) is 1. The number of carbonyl (C=O) groups excluding carboxylic acids is 1. The number of carbonyl (C=O) groups is 1. The third-order valence-corrected chi connectivity index (χ3v) is 4.48. The molecule has 142 valence electrons. The number of nitrogens with zero attached hydrogens (tertiary/aromatic N) is 4. The maximum absolute atomic E-state index is 13.4. The van der Waals surface area contributed by atoms with Crippen molar-refractivity contribution in [2.45, 2.75) is 64.2 Å². The number of nitrogen functional groups attached to an aromatic ring is 1. The smallest absolute Gasteiger partial charge is 0.312 e. The molecule has 0 aromatic carbocycles. The average Bonchev–Trinajstić information content (AvgIpc) is 3.23. The fourth-order valence-electron chi connectivity index (χ4n) is 3.09. The Morgan fingerprint density at radius 2 is 2.23 bits per heavy atom. The minimum absolute atomic E-state index is 0.00204. The molecule has 0 unspecified atom stereocenters. The van der Waals surface area contributed by atoms with E-state index in [0.29, 0.717) is 24.0 Å². The van der Waals surface area contributed by atoms with Crippen LogP contribution in [-0.2, 0) is 14.3 Å². The van der Waals surface area contributed by atoms with Gasteiger partial charge in [0.2, 0.25) is 0 Å². The van der Waals surface area contributed by atoms with Crippen molar-refractivity contribution in [3.05, 3.63) is 12.4 Å². The van der Waals surface area contributed by atoms with Gasteiger partial charge >= 0.3 is 12.0 Å². The minimum Gasteiger partial charge on any atom is -0.463 e. The van der Waals surface area contributed by atoms with Gasteiger partial charge in [0.05, 0.1) is 12.4 Å². The summed E-state index contributed by atoms with van der Waals surface area (Å²) in [6.07, 6.45) is 6.11. The highest BCUT2D eigenvalue weighted by Crippen LogP contribution is 2.31. The predicted octanol–water partition coefficient (Wildman–Crippen LogP) is 2.74. The molecule has 1 aliphatic heterocycles. The van der Waals surface area contributed by atoms with Gasteiger partial charge in [-0.2, -0.15) is 14.4 Å². The largest absolute Gasteiger partial charge is 0.463 e. The molecule has 1 saturated heterocycles. The summed E-state index contributed by atoms with van der Waals surface area (Å²) in [5, 5.41) is 0. The van der Waals surface area contributed by atoms with E-state index in [-0.39, 0.29) is 30.7 Å². The van der Waals surface area contributed by atoms with Crippen LogP contribution in [0.1, 0.15) is 58.1 Å². The molecular formula is C17H24FN5O3. The third kappa shape index (κ3) is 4.27. The molecule has 3 rings (SSSR count). The van der Waals surface area contributed by atoms with Gasteiger partial charge in [0.1, 0.15) is 12.8 Å². The van der Waals surface area contributed by atoms with Crippen LogP contribution < -0.4 is 5.73 Å². The lowest BCUT2D eigenvalue weighted by Gasteiger charge is -2.15. The number of anilines is 1. The van der Waals surface area contributed by atoms with Crippen molar-refractivity contribution >= 4 is 23.0 Å². The normalized spacial score (nSPS) is 19.9. The second-order valence-electron chi connectivity index (χ2n) is 6.49. The summed E-state index contributed by atoms with van der Waals surface area (Å²) in [7, 11) is 0. The summed E-state index contributed by atoms with van der Waals surface area (Å²) in [6.45, 7) is 2.35. The fraction of sp³-hybridized carbons (Fsp3) is 0.647. The molecule has 0 saturated carbocycles. The van der Waals surface area contributed by atoms with Gasteiger partial charge in [-0.3, -0.25) is 9.36 Å². The summed E-state index contributed by atoms with van der Waals surface area (Å²) in [5.74, 6) is -0.193. The molecular weight excluding hydrogens is 341 g/mol. The molecule has 0 bridgehead atoms. The topological polar surface area (TPSA) is 105 Å². The number of rotatable bonds is 8. The Morgan fingerprint density at radius 1 is 1.38 bits per heavy atom. The summed E-state index contributed by atoms with van der Waals surface area (Å²) in [4.78, 5) is 23.1. The lowest BCUT2D eigenvalue weighted by molar-refractivity contribution is -0.148. The molecule has 26 heavy (non-hydrogen) atoms. The molecule has 2 aromatic heterocycles. The predicted molar refractivity (Wildman–Crippen MR) is 92.6 cm³/mol. The Kier molecular flexibility index (Phi) is 5.97. The van der Waals surface area contributed by atoms with Crippen LogP contribution in [0.2, 0.25) is 0 Å². The van der Waals surface area contributed by atoms with Crippen molar-refractivity contribution in [2.24, 2.45) is 0 Å². The highest BCUT2D eigenvalue weighted by Gasteiger charge is 2.29. The second kappa shape index (κ2) is 8.39. The van der Waals surface area contributed by atoms with E-state index in [0.717, 1.165) is 32.1 Å². The lowest BCUT2D eigenvalue weighted by Crippen LogP contribution is -2.19. The first-order valence-electron chi connectivity index (χ1n) is 9.05. The van der Waals surface area contributed by atoms with Gasteiger partial charge in [-0.1, -0.05) is 26.2 Å². The number of halogens is 1. The van der Waals surface area contributed by atoms with E-state index in [1.54, 1.807) is 4.57 Å². The number of imidazole rings is 1. The highest BCUT2D eigenvalue weighted by atomic mass is 19.1. The first-order chi connectivity index (χ1) is 12.6. The number of hydrogen-bond donors (Lipinski definition) is 1. The van der Waals surface area contributed by atoms with Crippen molar-refractivity contribution in [1.82, 2.24) is 19.5 Å². The first kappa shape index (κ1) is 18.5. The Morgan fingerprint density at radius 3 is 3.04 bits per heavy atom. The molecule has 1 fully saturated rings. The van der Waals surface area contributed by atoms with Crippen LogP contribution in [0.25, 0.3) is 11.2 Å². The van der Waals surface area contributed by atoms with E-state index in [4.69, 9.17) is 15.2 Å². The van der Waals surface area contributed by atoms with Crippen molar-refractivity contribution in [3.63, 3.8) is 0 Å². The van der Waals surface area contributed by atoms with Crippen LogP contribution in [0, 0.1) is 6.08 Å². The summed E-state index contributed by atoms with van der Waals surface area (Å²) >= 11 is 0. The number of fused-ring (bicyclic) bond motifs is 1. The number of esters is 1. The Hall–Kier alpha value is -2.29. The van der Waals surface area contributed by atoms with Crippen LogP contribution in [0.3, 0.4) is 0 Å². The van der Waals surface area contributed by atoms with Gasteiger partial charge in [0, 0.05) is 6.42 Å². The molecule has 0 radical (unpaired) electrons. The Bertz CT molecular complexity index is 766. The van der Waals surface area contributed by atoms with E-state index in [1.807, 2.05) is 0 Å². The van der Waals surface area contributed by atoms with Crippen LogP contribution in [0.4, 0.5) is 10.2 Å². The maximum atomic E-state index is 13.4. The molecule has 3 heterocycles. The molecule has 0 amide bonds. The molecule has 1 aliphatic rings. The summed E-state index contributed by atoms with van der Waals surface area (Å²) in [6, 6.07) is 0. The van der Waals surface area contributed by atoms with E-state index >= 15 is 0 Å². The standard InChI is InChI=1S/C17H24FN5O3/c1-2-3-4-5-6-13(24)25-9-11-7-8-12(26-11)23-10-20-14-15(19)21-17(18)22-16(14)23/h10-12H,2-9H2,1H3,(H2,19,21,22)/t11-,12+/m0/s1. The van der Waals surface area contributed by atoms with E-state index in [9.17, 15) is 9.18 Å². The molecule has 8 nitrogen and oxygen atoms in total. The summed E-state index contributed by atoms with van der Waals surface area (Å²) in [5.41, 5.74) is 6.31. The van der Waals surface area contributed by atoms with Crippen LogP contribution in [0.15, 0.2) is 6.33 Å². The number of hydrogen-bond acceptors (Lipinski definition) is 7. The van der Waals surface area contributed by atoms with Gasteiger partial charge in [0.25, 0.3) is 0 Å². The summed E-state index contributed by atoms with van der Waals surface area (Å²) < 4.78 is 26.3. The van der Waals surface area contributed by atoms with Crippen LogP contribution in [-0.4, -0.2) is 38.2 Å². The molecule has 9 heteroatoms. The first-order valence-corrected chi connectivity index (χ1v) is 9.05. The lowest BCUT2D eigenvalue weighted by atomic mass is 10.1. The average molecular weight is 365 g/mol. The Labute approximate surface area is 150 Å². The quantitative estimate of drug-likeness (QED) is 0.435. The number of unbranched alkanes of at least 4 members (excludes halogenated alkanes) is 3. The van der Waals surface area contributed by atoms with Gasteiger partial charge < -0.3 is 15.2 Å². The van der Waals surface area contributed by atoms with Gasteiger partial charge in [-0.05, 0) is 19.3 Å². The van der Waals surface area contributed by atoms with Crippen molar-refractivity contribution in [2.75, 3.05) is 12.3 Å². The molecule has 2 N–H and O–H groups in total. The van der Waals surface area contributed by atoms with Gasteiger partial charge in [-0.25, -0.2) is 4.98 Å². The fourth-order valence-corrected chi connectivity index (χ4v) is 3.09. The van der Waals surface area contributed by atoms with E-state index in [1.165, 1.54) is 6.33 Å². The van der Waals surface area contributed by atoms with Gasteiger partial charge in [0.15, 0.2) is 17.0 Å². The molecule has 2 atom stereocenters. The highest BCUT2D eigenvalue weighted by molar-refractivity contribution is 5.81. The molecule has 2 aromatic rings. The zero-order valence-corrected chi connectivity index (χ0v) is 14.9. The van der Waals surface area contributed by atoms with Crippen molar-refractivity contribution in [1.29, 1.82) is 0 Å². The number of ether oxygens (including phenoxy) is 2. The van der Waals surface area contributed by atoms with E-state index < -0.39 is 6.08 Å². The maximum Gasteiger partial charge on any atom is 0.312 e. The molecule has 0 aliphatic carbocycles. The number of aromatic nitrogens is 4. The SMILES string of the molecule is CCCCCCC(=O)OC[C@@H]1CC[C@H](n2cnc3c(N)nc(F)nc32)O1. The van der Waals surface area contributed by atoms with Crippen LogP contribution in [0.5, 0.6) is 0 Å². The van der Waals surface area contributed by atoms with Crippen molar-refractivity contribution < 1.29 is 18.7 Å². The van der Waals surface area contributed by atoms with Crippen molar-refractivity contribution in [3.8, 4) is 0 Å². The third-order valence-electron chi connectivity index (χ3n) is 4.48. The minimum atomic E-state index is -0.900. The Balaban J connectivity index is 1.52. The van der Waals surface area contributed by atoms with Crippen LogP contribution >= 0.6 is 0 Å². The monoisotopic (exact) mass is 365 g/mol. The molecule has 0 spiro atoms.